The number of rotatable bonds is 5. The Labute approximate surface area is 153 Å². The first-order valence-electron chi connectivity index (χ1n) is 8.38. The predicted octanol–water partition coefficient (Wildman–Crippen LogP) is 6.54. The van der Waals surface area contributed by atoms with Crippen molar-refractivity contribution in [2.24, 2.45) is 0 Å². The summed E-state index contributed by atoms with van der Waals surface area (Å²) in [6.07, 6.45) is 0. The molecule has 0 N–H and O–H groups in total. The van der Waals surface area contributed by atoms with Crippen molar-refractivity contribution in [3.63, 3.8) is 0 Å². The van der Waals surface area contributed by atoms with Gasteiger partial charge in [-0.05, 0) is 47.5 Å². The molecule has 4 rings (SSSR count). The number of hydrogen-bond donors (Lipinski definition) is 0. The van der Waals surface area contributed by atoms with Crippen LogP contribution < -0.4 is 9.47 Å². The largest absolute Gasteiger partial charge is 0.457 e. The summed E-state index contributed by atoms with van der Waals surface area (Å²) in [4.78, 5) is 0. The van der Waals surface area contributed by atoms with E-state index in [0.29, 0.717) is 11.5 Å². The molecule has 0 saturated heterocycles. The van der Waals surface area contributed by atoms with Crippen molar-refractivity contribution in [3.05, 3.63) is 109 Å². The number of hydrogen-bond acceptors (Lipinski definition) is 2. The number of ether oxygens (including phenoxy) is 2. The minimum Gasteiger partial charge on any atom is -0.457 e. The maximum absolute atomic E-state index is 5.87. The molecule has 0 aliphatic rings. The number of para-hydroxylation sites is 2. The van der Waals surface area contributed by atoms with Crippen LogP contribution in [-0.4, -0.2) is 0 Å². The molecule has 0 bridgehead atoms. The average Bonchev–Trinajstić information content (AvgIpc) is 2.70. The van der Waals surface area contributed by atoms with Crippen molar-refractivity contribution in [3.8, 4) is 34.1 Å². The predicted molar refractivity (Wildman–Crippen MR) is 103 cm³/mol. The van der Waals surface area contributed by atoms with Crippen LogP contribution in [-0.2, 0) is 0 Å². The zero-order valence-electron chi connectivity index (χ0n) is 14.1. The van der Waals surface area contributed by atoms with Crippen LogP contribution in [0.3, 0.4) is 0 Å². The maximum Gasteiger partial charge on any atom is 0.136 e. The van der Waals surface area contributed by atoms with Crippen molar-refractivity contribution in [1.82, 2.24) is 0 Å². The lowest BCUT2D eigenvalue weighted by Crippen LogP contribution is -1.87. The molecule has 26 heavy (non-hydrogen) atoms. The standard InChI is InChI=1S/C24H16O2/c1-3-11-21(12-4-1)25-23-15-7-9-19(17-23)20-10-8-16-24(18-20)26-22-13-5-2-6-14-22/h1-16H. The van der Waals surface area contributed by atoms with Crippen molar-refractivity contribution >= 4 is 0 Å². The lowest BCUT2D eigenvalue weighted by molar-refractivity contribution is 0.481. The van der Waals surface area contributed by atoms with Crippen LogP contribution >= 0.6 is 0 Å². The van der Waals surface area contributed by atoms with Gasteiger partial charge in [0.25, 0.3) is 0 Å². The van der Waals surface area contributed by atoms with Gasteiger partial charge in [-0.2, -0.15) is 0 Å². The molecule has 4 aromatic carbocycles. The Hall–Kier alpha value is -3.52. The molecule has 124 valence electrons. The topological polar surface area (TPSA) is 18.5 Å². The van der Waals surface area contributed by atoms with Gasteiger partial charge < -0.3 is 9.47 Å². The van der Waals surface area contributed by atoms with E-state index in [2.05, 4.69) is 12.1 Å². The molecule has 2 radical (unpaired) electrons. The highest BCUT2D eigenvalue weighted by molar-refractivity contribution is 5.65. The van der Waals surface area contributed by atoms with E-state index in [1.165, 1.54) is 0 Å². The summed E-state index contributed by atoms with van der Waals surface area (Å²) < 4.78 is 11.7. The van der Waals surface area contributed by atoms with E-state index in [1.807, 2.05) is 97.1 Å². The lowest BCUT2D eigenvalue weighted by atomic mass is 10.1. The second kappa shape index (κ2) is 7.58. The summed E-state index contributed by atoms with van der Waals surface area (Å²) in [7, 11) is 0. The maximum atomic E-state index is 5.87. The van der Waals surface area contributed by atoms with Gasteiger partial charge >= 0.3 is 0 Å². The minimum atomic E-state index is 0.663. The van der Waals surface area contributed by atoms with Crippen molar-refractivity contribution in [2.45, 2.75) is 0 Å². The summed E-state index contributed by atoms with van der Waals surface area (Å²) in [5, 5.41) is 0. The molecule has 0 fully saturated rings. The Balaban J connectivity index is 1.57. The fourth-order valence-electron chi connectivity index (χ4n) is 2.56. The summed E-state index contributed by atoms with van der Waals surface area (Å²) in [5.74, 6) is 2.89. The molecule has 0 heterocycles. The molecule has 0 spiro atoms. The van der Waals surface area contributed by atoms with Gasteiger partial charge in [-0.3, -0.25) is 0 Å². The quantitative estimate of drug-likeness (QED) is 0.412. The molecule has 2 nitrogen and oxygen atoms in total. The van der Waals surface area contributed by atoms with Gasteiger partial charge in [-0.25, -0.2) is 0 Å². The molecule has 0 saturated carbocycles. The molecule has 0 aromatic heterocycles. The summed E-state index contributed by atoms with van der Waals surface area (Å²) in [6.45, 7) is 0. The van der Waals surface area contributed by atoms with E-state index in [0.717, 1.165) is 22.6 Å². The van der Waals surface area contributed by atoms with E-state index in [1.54, 1.807) is 0 Å². The Kier molecular flexibility index (Phi) is 4.66. The summed E-state index contributed by atoms with van der Waals surface area (Å²) in [5.41, 5.74) is 1.80. The van der Waals surface area contributed by atoms with Crippen LogP contribution in [0.4, 0.5) is 0 Å². The lowest BCUT2D eigenvalue weighted by Gasteiger charge is -2.09. The van der Waals surface area contributed by atoms with Crippen LogP contribution in [0, 0.1) is 12.1 Å². The van der Waals surface area contributed by atoms with Crippen LogP contribution in [0.2, 0.25) is 0 Å². The third-order valence-electron chi connectivity index (χ3n) is 3.77. The molecule has 0 amide bonds. The van der Waals surface area contributed by atoms with Crippen molar-refractivity contribution < 1.29 is 9.47 Å². The first kappa shape index (κ1) is 16.0. The summed E-state index contributed by atoms with van der Waals surface area (Å²) >= 11 is 0. The van der Waals surface area contributed by atoms with Gasteiger partial charge in [-0.15, -0.1) is 0 Å². The normalized spacial score (nSPS) is 10.3. The van der Waals surface area contributed by atoms with Gasteiger partial charge in [0.15, 0.2) is 0 Å². The van der Waals surface area contributed by atoms with Gasteiger partial charge in [-0.1, -0.05) is 60.7 Å². The van der Waals surface area contributed by atoms with Crippen LogP contribution in [0.5, 0.6) is 23.0 Å². The molecule has 0 atom stereocenters. The third kappa shape index (κ3) is 3.93. The molecule has 0 aliphatic carbocycles. The zero-order chi connectivity index (χ0) is 17.6. The fraction of sp³-hybridized carbons (Fsp3) is 0. The highest BCUT2D eigenvalue weighted by atomic mass is 16.5. The monoisotopic (exact) mass is 336 g/mol. The molecule has 4 aromatic rings. The van der Waals surface area contributed by atoms with Gasteiger partial charge in [0.2, 0.25) is 0 Å². The van der Waals surface area contributed by atoms with E-state index < -0.39 is 0 Å². The fourth-order valence-corrected chi connectivity index (χ4v) is 2.56. The van der Waals surface area contributed by atoms with E-state index in [9.17, 15) is 0 Å². The first-order valence-corrected chi connectivity index (χ1v) is 8.38. The van der Waals surface area contributed by atoms with Crippen LogP contribution in [0.1, 0.15) is 0 Å². The molecule has 0 unspecified atom stereocenters. The smallest absolute Gasteiger partial charge is 0.136 e. The highest BCUT2D eigenvalue weighted by Crippen LogP contribution is 2.29. The Bertz CT molecular complexity index is 896. The van der Waals surface area contributed by atoms with Gasteiger partial charge in [0.05, 0.1) is 0 Å². The van der Waals surface area contributed by atoms with Crippen molar-refractivity contribution in [1.29, 1.82) is 0 Å². The Morgan fingerprint density at radius 2 is 0.846 bits per heavy atom. The number of benzene rings is 4. The Morgan fingerprint density at radius 3 is 1.27 bits per heavy atom. The zero-order valence-corrected chi connectivity index (χ0v) is 14.1. The average molecular weight is 336 g/mol. The van der Waals surface area contributed by atoms with E-state index >= 15 is 0 Å². The minimum absolute atomic E-state index is 0.663. The SMILES string of the molecule is [c]1c(Oc2ccccc2)cccc1-c1[c]c(Oc2ccccc2)ccc1. The molecular formula is C24H16O2. The second-order valence-electron chi connectivity index (χ2n) is 5.69. The van der Waals surface area contributed by atoms with E-state index in [4.69, 9.17) is 9.47 Å². The molecule has 2 heteroatoms. The van der Waals surface area contributed by atoms with Crippen molar-refractivity contribution in [2.75, 3.05) is 0 Å². The molecule has 0 aliphatic heterocycles. The van der Waals surface area contributed by atoms with Crippen LogP contribution in [0.15, 0.2) is 97.1 Å². The highest BCUT2D eigenvalue weighted by Gasteiger charge is 2.05. The van der Waals surface area contributed by atoms with Gasteiger partial charge in [0, 0.05) is 12.1 Å². The van der Waals surface area contributed by atoms with E-state index in [-0.39, 0.29) is 0 Å². The van der Waals surface area contributed by atoms with Crippen LogP contribution in [0.25, 0.3) is 11.1 Å². The second-order valence-corrected chi connectivity index (χ2v) is 5.69. The molecular weight excluding hydrogens is 320 g/mol. The third-order valence-corrected chi connectivity index (χ3v) is 3.77. The van der Waals surface area contributed by atoms with Gasteiger partial charge in [0.1, 0.15) is 23.0 Å². The summed E-state index contributed by atoms with van der Waals surface area (Å²) in [6, 6.07) is 37.6. The Morgan fingerprint density at radius 1 is 0.423 bits per heavy atom. The first-order chi connectivity index (χ1) is 12.9.